The van der Waals surface area contributed by atoms with Gasteiger partial charge in [-0.15, -0.1) is 0 Å². The number of hydrogen-bond acceptors (Lipinski definition) is 3. The van der Waals surface area contributed by atoms with Crippen LogP contribution in [0.1, 0.15) is 41.1 Å². The normalized spacial score (nSPS) is 16.6. The minimum absolute atomic E-state index is 0.153. The highest BCUT2D eigenvalue weighted by atomic mass is 16.4. The summed E-state index contributed by atoms with van der Waals surface area (Å²) in [5.74, 6) is -0.141. The highest BCUT2D eigenvalue weighted by Crippen LogP contribution is 2.18. The Balaban J connectivity index is 1.99. The molecule has 1 aliphatic heterocycles. The first kappa shape index (κ1) is 13.1. The van der Waals surface area contributed by atoms with Crippen LogP contribution in [-0.2, 0) is 6.54 Å². The molecular formula is C15H19N3O2. The molecular weight excluding hydrogens is 254 g/mol. The predicted molar refractivity (Wildman–Crippen MR) is 76.0 cm³/mol. The first-order chi connectivity index (χ1) is 9.65. The van der Waals surface area contributed by atoms with Crippen LogP contribution in [0.2, 0.25) is 0 Å². The number of carboxylic acids is 1. The Labute approximate surface area is 117 Å². The number of nitrogens with zero attached hydrogens (tertiary/aromatic N) is 3. The molecule has 3 heterocycles. The van der Waals surface area contributed by atoms with Crippen molar-refractivity contribution in [1.82, 2.24) is 14.3 Å². The summed E-state index contributed by atoms with van der Waals surface area (Å²) < 4.78 is 1.91. The maximum atomic E-state index is 11.3. The van der Waals surface area contributed by atoms with Crippen molar-refractivity contribution < 1.29 is 9.90 Å². The quantitative estimate of drug-likeness (QED) is 0.932. The number of likely N-dealkylation sites (tertiary alicyclic amines) is 1. The van der Waals surface area contributed by atoms with Crippen LogP contribution < -0.4 is 0 Å². The van der Waals surface area contributed by atoms with Crippen molar-refractivity contribution in [1.29, 1.82) is 0 Å². The molecule has 20 heavy (non-hydrogen) atoms. The summed E-state index contributed by atoms with van der Waals surface area (Å²) >= 11 is 0. The van der Waals surface area contributed by atoms with Gasteiger partial charge in [-0.3, -0.25) is 4.90 Å². The van der Waals surface area contributed by atoms with E-state index in [1.54, 1.807) is 0 Å². The minimum Gasteiger partial charge on any atom is -0.476 e. The third kappa shape index (κ3) is 2.41. The highest BCUT2D eigenvalue weighted by Gasteiger charge is 2.19. The summed E-state index contributed by atoms with van der Waals surface area (Å²) in [5, 5.41) is 9.30. The lowest BCUT2D eigenvalue weighted by Crippen LogP contribution is -2.29. The zero-order valence-electron chi connectivity index (χ0n) is 11.7. The molecule has 5 nitrogen and oxygen atoms in total. The Morgan fingerprint density at radius 2 is 2.10 bits per heavy atom. The van der Waals surface area contributed by atoms with Gasteiger partial charge in [-0.25, -0.2) is 9.78 Å². The molecule has 1 saturated heterocycles. The number of aromatic nitrogens is 2. The molecule has 5 heteroatoms. The van der Waals surface area contributed by atoms with E-state index < -0.39 is 5.97 Å². The molecule has 1 N–H and O–H groups in total. The molecule has 3 rings (SSSR count). The van der Waals surface area contributed by atoms with Crippen molar-refractivity contribution in [3.8, 4) is 0 Å². The number of piperidine rings is 1. The third-order valence-corrected chi connectivity index (χ3v) is 3.89. The first-order valence-electron chi connectivity index (χ1n) is 7.08. The number of aryl methyl sites for hydroxylation is 1. The number of carboxylic acid groups (broad SMARTS) is 1. The van der Waals surface area contributed by atoms with Gasteiger partial charge in [0.05, 0.1) is 12.1 Å². The van der Waals surface area contributed by atoms with E-state index in [1.165, 1.54) is 19.3 Å². The first-order valence-corrected chi connectivity index (χ1v) is 7.08. The number of carbonyl (C=O) groups is 1. The molecule has 0 bridgehead atoms. The topological polar surface area (TPSA) is 57.8 Å². The van der Waals surface area contributed by atoms with Crippen LogP contribution in [0, 0.1) is 6.92 Å². The van der Waals surface area contributed by atoms with E-state index >= 15 is 0 Å². The molecule has 0 aliphatic carbocycles. The van der Waals surface area contributed by atoms with Crippen LogP contribution >= 0.6 is 0 Å². The Hall–Kier alpha value is -1.88. The van der Waals surface area contributed by atoms with E-state index in [0.717, 1.165) is 31.0 Å². The third-order valence-electron chi connectivity index (χ3n) is 3.89. The molecule has 0 spiro atoms. The second-order valence-electron chi connectivity index (χ2n) is 5.48. The lowest BCUT2D eigenvalue weighted by molar-refractivity contribution is 0.0693. The van der Waals surface area contributed by atoms with Gasteiger partial charge in [0.2, 0.25) is 0 Å². The summed E-state index contributed by atoms with van der Waals surface area (Å²) in [7, 11) is 0. The average molecular weight is 273 g/mol. The summed E-state index contributed by atoms with van der Waals surface area (Å²) in [5.41, 5.74) is 1.88. The van der Waals surface area contributed by atoms with E-state index in [-0.39, 0.29) is 5.69 Å². The summed E-state index contributed by atoms with van der Waals surface area (Å²) in [6, 6.07) is 3.87. The van der Waals surface area contributed by atoms with Crippen molar-refractivity contribution in [2.24, 2.45) is 0 Å². The minimum atomic E-state index is -0.960. The molecule has 1 aliphatic rings. The molecule has 1 fully saturated rings. The monoisotopic (exact) mass is 273 g/mol. The number of rotatable bonds is 3. The molecule has 0 amide bonds. The van der Waals surface area contributed by atoms with Crippen molar-refractivity contribution in [3.05, 3.63) is 35.4 Å². The van der Waals surface area contributed by atoms with Gasteiger partial charge in [-0.1, -0.05) is 6.42 Å². The van der Waals surface area contributed by atoms with Crippen LogP contribution in [-0.4, -0.2) is 38.4 Å². The zero-order valence-corrected chi connectivity index (χ0v) is 11.7. The second-order valence-corrected chi connectivity index (χ2v) is 5.48. The van der Waals surface area contributed by atoms with Gasteiger partial charge < -0.3 is 9.51 Å². The van der Waals surface area contributed by atoms with Crippen LogP contribution in [0.15, 0.2) is 18.3 Å². The fourth-order valence-electron chi connectivity index (χ4n) is 2.84. The molecule has 0 aromatic carbocycles. The predicted octanol–water partition coefficient (Wildman–Crippen LogP) is 2.33. The zero-order chi connectivity index (χ0) is 14.1. The van der Waals surface area contributed by atoms with Gasteiger partial charge in [-0.2, -0.15) is 0 Å². The number of fused-ring (bicyclic) bond motifs is 1. The SMILES string of the molecule is Cc1ccn2c(CN3CCCCC3)nc(C(=O)O)c2c1. The standard InChI is InChI=1S/C15H19N3O2/c1-11-5-8-18-12(9-11)14(15(19)20)16-13(18)10-17-6-3-2-4-7-17/h5,8-9H,2-4,6-7,10H2,1H3,(H,19,20). The van der Waals surface area contributed by atoms with E-state index in [4.69, 9.17) is 0 Å². The molecule has 106 valence electrons. The fourth-order valence-corrected chi connectivity index (χ4v) is 2.84. The maximum Gasteiger partial charge on any atom is 0.356 e. The molecule has 0 unspecified atom stereocenters. The van der Waals surface area contributed by atoms with E-state index in [9.17, 15) is 9.90 Å². The Kier molecular flexibility index (Phi) is 3.44. The van der Waals surface area contributed by atoms with Crippen molar-refractivity contribution >= 4 is 11.5 Å². The second kappa shape index (κ2) is 5.25. The van der Waals surface area contributed by atoms with Gasteiger partial charge in [0, 0.05) is 6.20 Å². The Bertz CT molecular complexity index is 642. The molecule has 0 saturated carbocycles. The van der Waals surface area contributed by atoms with Gasteiger partial charge in [0.15, 0.2) is 5.69 Å². The summed E-state index contributed by atoms with van der Waals surface area (Å²) in [4.78, 5) is 18.0. The Morgan fingerprint density at radius 3 is 2.80 bits per heavy atom. The number of imidazole rings is 1. The number of aromatic carboxylic acids is 1. The van der Waals surface area contributed by atoms with Gasteiger partial charge in [-0.05, 0) is 50.6 Å². The molecule has 0 radical (unpaired) electrons. The largest absolute Gasteiger partial charge is 0.476 e. The number of pyridine rings is 1. The maximum absolute atomic E-state index is 11.3. The average Bonchev–Trinajstić information content (AvgIpc) is 2.78. The summed E-state index contributed by atoms with van der Waals surface area (Å²) in [6.07, 6.45) is 5.64. The van der Waals surface area contributed by atoms with Crippen LogP contribution in [0.5, 0.6) is 0 Å². The molecule has 2 aromatic heterocycles. The number of hydrogen-bond donors (Lipinski definition) is 1. The van der Waals surface area contributed by atoms with Crippen molar-refractivity contribution in [2.75, 3.05) is 13.1 Å². The van der Waals surface area contributed by atoms with Gasteiger partial charge in [0.25, 0.3) is 0 Å². The van der Waals surface area contributed by atoms with Crippen molar-refractivity contribution in [2.45, 2.75) is 32.7 Å². The van der Waals surface area contributed by atoms with Gasteiger partial charge >= 0.3 is 5.97 Å². The van der Waals surface area contributed by atoms with Crippen LogP contribution in [0.25, 0.3) is 5.52 Å². The summed E-state index contributed by atoms with van der Waals surface area (Å²) in [6.45, 7) is 4.83. The fraction of sp³-hybridized carbons (Fsp3) is 0.467. The lowest BCUT2D eigenvalue weighted by atomic mass is 10.1. The molecule has 0 atom stereocenters. The highest BCUT2D eigenvalue weighted by molar-refractivity contribution is 5.93. The van der Waals surface area contributed by atoms with Crippen molar-refractivity contribution in [3.63, 3.8) is 0 Å². The van der Waals surface area contributed by atoms with E-state index in [1.807, 2.05) is 29.7 Å². The van der Waals surface area contributed by atoms with E-state index in [0.29, 0.717) is 5.52 Å². The smallest absolute Gasteiger partial charge is 0.356 e. The molecule has 2 aromatic rings. The Morgan fingerprint density at radius 1 is 1.35 bits per heavy atom. The lowest BCUT2D eigenvalue weighted by Gasteiger charge is -2.25. The van der Waals surface area contributed by atoms with Crippen LogP contribution in [0.4, 0.5) is 0 Å². The van der Waals surface area contributed by atoms with Crippen LogP contribution in [0.3, 0.4) is 0 Å². The van der Waals surface area contributed by atoms with Gasteiger partial charge in [0.1, 0.15) is 5.82 Å². The van der Waals surface area contributed by atoms with E-state index in [2.05, 4.69) is 9.88 Å².